The average molecular weight is 301 g/mol. The lowest BCUT2D eigenvalue weighted by Crippen LogP contribution is -2.30. The van der Waals surface area contributed by atoms with Gasteiger partial charge in [-0.15, -0.1) is 5.10 Å². The molecule has 1 aromatic rings. The number of nitrogens with zero attached hydrogens (tertiary/aromatic N) is 4. The molecule has 0 spiro atoms. The highest BCUT2D eigenvalue weighted by molar-refractivity contribution is 7.99. The van der Waals surface area contributed by atoms with Crippen LogP contribution in [0, 0.1) is 5.92 Å². The van der Waals surface area contributed by atoms with Crippen LogP contribution in [0.1, 0.15) is 40.5 Å². The summed E-state index contributed by atoms with van der Waals surface area (Å²) in [5.41, 5.74) is -0.628. The molecular formula is C13H27N5OS. The molecule has 1 aromatic heterocycles. The van der Waals surface area contributed by atoms with Crippen molar-refractivity contribution in [2.45, 2.75) is 57.8 Å². The van der Waals surface area contributed by atoms with Gasteiger partial charge in [0.15, 0.2) is 0 Å². The average Bonchev–Trinajstić information content (AvgIpc) is 2.88. The number of aliphatic hydroxyl groups is 1. The molecule has 0 unspecified atom stereocenters. The van der Waals surface area contributed by atoms with Crippen LogP contribution in [-0.2, 0) is 6.54 Å². The molecule has 2 N–H and O–H groups in total. The molecule has 0 fully saturated rings. The van der Waals surface area contributed by atoms with Crippen LogP contribution in [-0.4, -0.2) is 49.8 Å². The summed E-state index contributed by atoms with van der Waals surface area (Å²) in [6.07, 6.45) is 1.49. The van der Waals surface area contributed by atoms with E-state index in [4.69, 9.17) is 0 Å². The number of tetrazole rings is 1. The summed E-state index contributed by atoms with van der Waals surface area (Å²) in [6.45, 7) is 11.0. The lowest BCUT2D eigenvalue weighted by molar-refractivity contribution is 0.0571. The lowest BCUT2D eigenvalue weighted by atomic mass is 10.0. The Kier molecular flexibility index (Phi) is 7.47. The molecule has 0 aromatic carbocycles. The molecule has 6 nitrogen and oxygen atoms in total. The molecule has 0 bridgehead atoms. The summed E-state index contributed by atoms with van der Waals surface area (Å²) >= 11 is 1.52. The molecule has 0 aliphatic heterocycles. The van der Waals surface area contributed by atoms with Crippen molar-refractivity contribution in [2.24, 2.45) is 5.92 Å². The fourth-order valence-electron chi connectivity index (χ4n) is 1.67. The van der Waals surface area contributed by atoms with Crippen molar-refractivity contribution in [1.29, 1.82) is 0 Å². The Morgan fingerprint density at radius 3 is 2.65 bits per heavy atom. The van der Waals surface area contributed by atoms with Gasteiger partial charge in [0, 0.05) is 12.3 Å². The number of rotatable bonds is 10. The standard InChI is InChI=1S/C13H27N5OS/c1-5-13(19,6-2)10-20-12-15-16-17-18(12)8-7-14-9-11(3)4/h11,14,19H,5-10H2,1-4H3. The molecule has 116 valence electrons. The van der Waals surface area contributed by atoms with E-state index in [-0.39, 0.29) is 0 Å². The van der Waals surface area contributed by atoms with E-state index in [1.165, 1.54) is 11.8 Å². The first kappa shape index (κ1) is 17.4. The van der Waals surface area contributed by atoms with Gasteiger partial charge in [-0.05, 0) is 35.7 Å². The highest BCUT2D eigenvalue weighted by atomic mass is 32.2. The Balaban J connectivity index is 2.42. The van der Waals surface area contributed by atoms with Crippen molar-refractivity contribution in [2.75, 3.05) is 18.8 Å². The number of thioether (sulfide) groups is 1. The summed E-state index contributed by atoms with van der Waals surface area (Å²) in [6, 6.07) is 0. The second-order valence-corrected chi connectivity index (χ2v) is 6.45. The predicted molar refractivity (Wildman–Crippen MR) is 81.8 cm³/mol. The van der Waals surface area contributed by atoms with Crippen LogP contribution in [0.5, 0.6) is 0 Å². The zero-order chi connectivity index (χ0) is 15.0. The summed E-state index contributed by atoms with van der Waals surface area (Å²) in [4.78, 5) is 0. The Labute approximate surface area is 125 Å². The Hall–Kier alpha value is -0.660. The minimum atomic E-state index is -0.628. The molecule has 1 heterocycles. The quantitative estimate of drug-likeness (QED) is 0.504. The van der Waals surface area contributed by atoms with Gasteiger partial charge in [0.1, 0.15) is 0 Å². The molecule has 0 aliphatic rings. The molecule has 0 atom stereocenters. The van der Waals surface area contributed by atoms with Crippen LogP contribution in [0.25, 0.3) is 0 Å². The van der Waals surface area contributed by atoms with Crippen LogP contribution in [0.3, 0.4) is 0 Å². The number of hydrogen-bond acceptors (Lipinski definition) is 6. The molecular weight excluding hydrogens is 274 g/mol. The second kappa shape index (κ2) is 8.59. The van der Waals surface area contributed by atoms with Crippen molar-refractivity contribution in [1.82, 2.24) is 25.5 Å². The number of hydrogen-bond donors (Lipinski definition) is 2. The SMILES string of the molecule is CCC(O)(CC)CSc1nnnn1CCNCC(C)C. The van der Waals surface area contributed by atoms with Crippen molar-refractivity contribution in [3.8, 4) is 0 Å². The van der Waals surface area contributed by atoms with Gasteiger partial charge in [-0.3, -0.25) is 0 Å². The molecule has 0 radical (unpaired) electrons. The zero-order valence-corrected chi connectivity index (χ0v) is 13.8. The van der Waals surface area contributed by atoms with E-state index in [0.717, 1.165) is 37.6 Å². The maximum atomic E-state index is 10.3. The molecule has 0 aliphatic carbocycles. The van der Waals surface area contributed by atoms with Gasteiger partial charge in [0.2, 0.25) is 5.16 Å². The van der Waals surface area contributed by atoms with E-state index in [1.807, 2.05) is 13.8 Å². The fraction of sp³-hybridized carbons (Fsp3) is 0.923. The fourth-order valence-corrected chi connectivity index (χ4v) is 2.85. The normalized spacial score (nSPS) is 12.3. The number of aromatic nitrogens is 4. The van der Waals surface area contributed by atoms with E-state index in [2.05, 4.69) is 34.7 Å². The highest BCUT2D eigenvalue weighted by Gasteiger charge is 2.23. The van der Waals surface area contributed by atoms with Crippen molar-refractivity contribution < 1.29 is 5.11 Å². The summed E-state index contributed by atoms with van der Waals surface area (Å²) < 4.78 is 1.80. The van der Waals surface area contributed by atoms with Crippen molar-refractivity contribution in [3.05, 3.63) is 0 Å². The first-order valence-corrected chi connectivity index (χ1v) is 8.31. The third-order valence-electron chi connectivity index (χ3n) is 3.34. The maximum Gasteiger partial charge on any atom is 0.209 e. The van der Waals surface area contributed by atoms with Crippen molar-refractivity contribution >= 4 is 11.8 Å². The van der Waals surface area contributed by atoms with Gasteiger partial charge in [0.05, 0.1) is 12.1 Å². The van der Waals surface area contributed by atoms with Gasteiger partial charge in [-0.2, -0.15) is 0 Å². The monoisotopic (exact) mass is 301 g/mol. The predicted octanol–water partition coefficient (Wildman–Crippen LogP) is 1.56. The lowest BCUT2D eigenvalue weighted by Gasteiger charge is -2.24. The van der Waals surface area contributed by atoms with E-state index < -0.39 is 5.60 Å². The summed E-state index contributed by atoms with van der Waals surface area (Å²) in [7, 11) is 0. The third-order valence-corrected chi connectivity index (χ3v) is 4.57. The molecule has 0 saturated carbocycles. The summed E-state index contributed by atoms with van der Waals surface area (Å²) in [5, 5.41) is 26.2. The molecule has 0 saturated heterocycles. The van der Waals surface area contributed by atoms with Crippen LogP contribution >= 0.6 is 11.8 Å². The number of nitrogens with one attached hydrogen (secondary N) is 1. The Bertz CT molecular complexity index is 379. The van der Waals surface area contributed by atoms with E-state index >= 15 is 0 Å². The van der Waals surface area contributed by atoms with Crippen LogP contribution in [0.2, 0.25) is 0 Å². The zero-order valence-electron chi connectivity index (χ0n) is 13.0. The van der Waals surface area contributed by atoms with Gasteiger partial charge in [0.25, 0.3) is 0 Å². The minimum Gasteiger partial charge on any atom is -0.389 e. The van der Waals surface area contributed by atoms with Crippen molar-refractivity contribution in [3.63, 3.8) is 0 Å². The Morgan fingerprint density at radius 2 is 2.05 bits per heavy atom. The van der Waals surface area contributed by atoms with Gasteiger partial charge >= 0.3 is 0 Å². The van der Waals surface area contributed by atoms with Gasteiger partial charge in [-0.25, -0.2) is 4.68 Å². The van der Waals surface area contributed by atoms with E-state index in [0.29, 0.717) is 11.7 Å². The molecule has 0 amide bonds. The molecule has 20 heavy (non-hydrogen) atoms. The third kappa shape index (κ3) is 5.76. The largest absolute Gasteiger partial charge is 0.389 e. The summed E-state index contributed by atoms with van der Waals surface area (Å²) in [5.74, 6) is 1.27. The Morgan fingerprint density at radius 1 is 1.35 bits per heavy atom. The van der Waals surface area contributed by atoms with Crippen LogP contribution in [0.4, 0.5) is 0 Å². The first-order valence-electron chi connectivity index (χ1n) is 7.32. The first-order chi connectivity index (χ1) is 9.50. The maximum absolute atomic E-state index is 10.3. The van der Waals surface area contributed by atoms with Crippen LogP contribution in [0.15, 0.2) is 5.16 Å². The topological polar surface area (TPSA) is 75.9 Å². The molecule has 1 rings (SSSR count). The van der Waals surface area contributed by atoms with E-state index in [9.17, 15) is 5.11 Å². The van der Waals surface area contributed by atoms with Crippen LogP contribution < -0.4 is 5.32 Å². The second-order valence-electron chi connectivity index (χ2n) is 5.50. The minimum absolute atomic E-state index is 0.625. The highest BCUT2D eigenvalue weighted by Crippen LogP contribution is 2.24. The van der Waals surface area contributed by atoms with E-state index in [1.54, 1.807) is 4.68 Å². The van der Waals surface area contributed by atoms with Gasteiger partial charge in [-0.1, -0.05) is 39.5 Å². The smallest absolute Gasteiger partial charge is 0.209 e. The molecule has 7 heteroatoms. The van der Waals surface area contributed by atoms with Gasteiger partial charge < -0.3 is 10.4 Å².